The summed E-state index contributed by atoms with van der Waals surface area (Å²) in [5.41, 5.74) is 1.14. The maximum absolute atomic E-state index is 11.2. The maximum Gasteiger partial charge on any atom is 0.157 e. The highest BCUT2D eigenvalue weighted by Gasteiger charge is 2.10. The van der Waals surface area contributed by atoms with E-state index < -0.39 is 0 Å². The van der Waals surface area contributed by atoms with E-state index in [2.05, 4.69) is 4.90 Å². The summed E-state index contributed by atoms with van der Waals surface area (Å²) in [6.45, 7) is 6.19. The second-order valence-electron chi connectivity index (χ2n) is 3.65. The molecule has 2 heteroatoms. The summed E-state index contributed by atoms with van der Waals surface area (Å²) >= 11 is 0. The van der Waals surface area contributed by atoms with Gasteiger partial charge in [0.15, 0.2) is 5.78 Å². The summed E-state index contributed by atoms with van der Waals surface area (Å²) in [5.74, 6) is 0.239. The highest BCUT2D eigenvalue weighted by molar-refractivity contribution is 5.89. The van der Waals surface area contributed by atoms with Gasteiger partial charge in [-0.15, -0.1) is 0 Å². The molecule has 0 aromatic rings. The predicted octanol–water partition coefficient (Wildman–Crippen LogP) is 2.36. The van der Waals surface area contributed by atoms with E-state index >= 15 is 0 Å². The Morgan fingerprint density at radius 1 is 1.31 bits per heavy atom. The van der Waals surface area contributed by atoms with Crippen molar-refractivity contribution in [1.29, 1.82) is 0 Å². The van der Waals surface area contributed by atoms with Gasteiger partial charge in [0.1, 0.15) is 0 Å². The van der Waals surface area contributed by atoms with Crippen molar-refractivity contribution in [2.75, 3.05) is 13.1 Å². The molecule has 1 fully saturated rings. The topological polar surface area (TPSA) is 20.3 Å². The van der Waals surface area contributed by atoms with E-state index in [0.717, 1.165) is 18.8 Å². The first kappa shape index (κ1) is 10.3. The minimum absolute atomic E-state index is 0.239. The third-order valence-electron chi connectivity index (χ3n) is 2.57. The number of nitrogens with zero attached hydrogens (tertiary/aromatic N) is 1. The van der Waals surface area contributed by atoms with Crippen molar-refractivity contribution in [3.63, 3.8) is 0 Å². The van der Waals surface area contributed by atoms with Crippen molar-refractivity contribution in [3.8, 4) is 0 Å². The number of ketones is 1. The van der Waals surface area contributed by atoms with E-state index in [1.807, 2.05) is 13.8 Å². The summed E-state index contributed by atoms with van der Waals surface area (Å²) in [6.07, 6.45) is 6.28. The van der Waals surface area contributed by atoms with Crippen molar-refractivity contribution >= 4 is 5.78 Å². The predicted molar refractivity (Wildman–Crippen MR) is 54.5 cm³/mol. The molecule has 1 saturated heterocycles. The first-order chi connectivity index (χ1) is 6.24. The Bertz CT molecular complexity index is 202. The normalized spacial score (nSPS) is 18.9. The van der Waals surface area contributed by atoms with Gasteiger partial charge in [-0.3, -0.25) is 4.79 Å². The zero-order valence-electron chi connectivity index (χ0n) is 8.68. The molecule has 1 aliphatic rings. The molecule has 0 N–H and O–H groups in total. The van der Waals surface area contributed by atoms with Crippen LogP contribution in [-0.2, 0) is 4.79 Å². The fourth-order valence-corrected chi connectivity index (χ4v) is 1.67. The Balaban J connectivity index is 2.49. The molecule has 0 aromatic heterocycles. The van der Waals surface area contributed by atoms with Crippen LogP contribution in [0.1, 0.15) is 39.5 Å². The maximum atomic E-state index is 11.2. The number of likely N-dealkylation sites (tertiary alicyclic amines) is 1. The average molecular weight is 181 g/mol. The molecule has 0 aromatic carbocycles. The van der Waals surface area contributed by atoms with E-state index in [9.17, 15) is 4.79 Å². The lowest BCUT2D eigenvalue weighted by Crippen LogP contribution is -2.28. The number of rotatable bonds is 3. The van der Waals surface area contributed by atoms with Gasteiger partial charge in [-0.25, -0.2) is 0 Å². The van der Waals surface area contributed by atoms with E-state index in [1.165, 1.54) is 19.3 Å². The van der Waals surface area contributed by atoms with Gasteiger partial charge in [0.2, 0.25) is 0 Å². The molecule has 2 nitrogen and oxygen atoms in total. The summed E-state index contributed by atoms with van der Waals surface area (Å²) in [6, 6.07) is 0. The number of carbonyl (C=O) groups is 1. The number of piperidine rings is 1. The van der Waals surface area contributed by atoms with Crippen LogP contribution >= 0.6 is 0 Å². The molecule has 1 rings (SSSR count). The van der Waals surface area contributed by atoms with Crippen LogP contribution in [0.3, 0.4) is 0 Å². The summed E-state index contributed by atoms with van der Waals surface area (Å²) in [4.78, 5) is 13.5. The Morgan fingerprint density at radius 3 is 2.46 bits per heavy atom. The fraction of sp³-hybridized carbons (Fsp3) is 0.727. The van der Waals surface area contributed by atoms with Crippen LogP contribution in [0.25, 0.3) is 0 Å². The zero-order chi connectivity index (χ0) is 9.68. The fourth-order valence-electron chi connectivity index (χ4n) is 1.67. The Kier molecular flexibility index (Phi) is 4.00. The third kappa shape index (κ3) is 3.21. The lowest BCUT2D eigenvalue weighted by molar-refractivity contribution is -0.114. The van der Waals surface area contributed by atoms with Gasteiger partial charge in [-0.1, -0.05) is 6.92 Å². The van der Waals surface area contributed by atoms with Gasteiger partial charge in [-0.05, 0) is 32.3 Å². The molecule has 0 aliphatic carbocycles. The third-order valence-corrected chi connectivity index (χ3v) is 2.57. The monoisotopic (exact) mass is 181 g/mol. The van der Waals surface area contributed by atoms with Crippen LogP contribution in [0.15, 0.2) is 11.8 Å². The molecule has 0 radical (unpaired) electrons. The lowest BCUT2D eigenvalue weighted by atomic mass is 10.1. The van der Waals surface area contributed by atoms with Crippen molar-refractivity contribution in [1.82, 2.24) is 4.90 Å². The molecule has 0 spiro atoms. The van der Waals surface area contributed by atoms with Crippen molar-refractivity contribution in [3.05, 3.63) is 11.8 Å². The highest BCUT2D eigenvalue weighted by Crippen LogP contribution is 2.14. The van der Waals surface area contributed by atoms with Crippen molar-refractivity contribution < 1.29 is 4.79 Å². The molecule has 13 heavy (non-hydrogen) atoms. The average Bonchev–Trinajstić information content (AvgIpc) is 2.19. The van der Waals surface area contributed by atoms with Gasteiger partial charge in [0.25, 0.3) is 0 Å². The molecule has 0 atom stereocenters. The number of carbonyl (C=O) groups excluding carboxylic acids is 1. The highest BCUT2D eigenvalue weighted by atomic mass is 16.1. The van der Waals surface area contributed by atoms with Crippen LogP contribution in [0.4, 0.5) is 0 Å². The molecular formula is C11H19NO. The molecule has 0 unspecified atom stereocenters. The summed E-state index contributed by atoms with van der Waals surface area (Å²) < 4.78 is 0. The first-order valence-electron chi connectivity index (χ1n) is 5.20. The van der Waals surface area contributed by atoms with Gasteiger partial charge >= 0.3 is 0 Å². The van der Waals surface area contributed by atoms with E-state index in [1.54, 1.807) is 6.08 Å². The largest absolute Gasteiger partial charge is 0.375 e. The minimum Gasteiger partial charge on any atom is -0.375 e. The second-order valence-corrected chi connectivity index (χ2v) is 3.65. The van der Waals surface area contributed by atoms with Gasteiger partial charge < -0.3 is 4.90 Å². The molecule has 1 aliphatic heterocycles. The second kappa shape index (κ2) is 5.05. The zero-order valence-corrected chi connectivity index (χ0v) is 8.68. The van der Waals surface area contributed by atoms with Crippen LogP contribution in [0.2, 0.25) is 0 Å². The van der Waals surface area contributed by atoms with Crippen molar-refractivity contribution in [2.24, 2.45) is 0 Å². The number of hydrogen-bond donors (Lipinski definition) is 0. The molecule has 1 heterocycles. The molecule has 0 bridgehead atoms. The number of allylic oxidation sites excluding steroid dienone is 2. The standard InChI is InChI=1S/C11H19NO/c1-3-11(13)9-10(2)12-7-5-4-6-8-12/h9H,3-8H2,1-2H3/b10-9+. The lowest BCUT2D eigenvalue weighted by Gasteiger charge is -2.29. The van der Waals surface area contributed by atoms with E-state index in [-0.39, 0.29) is 5.78 Å². The Labute approximate surface area is 80.6 Å². The van der Waals surface area contributed by atoms with E-state index in [4.69, 9.17) is 0 Å². The SMILES string of the molecule is CCC(=O)/C=C(\C)N1CCCCC1. The quantitative estimate of drug-likeness (QED) is 0.623. The summed E-state index contributed by atoms with van der Waals surface area (Å²) in [5, 5.41) is 0. The first-order valence-corrected chi connectivity index (χ1v) is 5.20. The van der Waals surface area contributed by atoms with E-state index in [0.29, 0.717) is 6.42 Å². The number of hydrogen-bond acceptors (Lipinski definition) is 2. The summed E-state index contributed by atoms with van der Waals surface area (Å²) in [7, 11) is 0. The Hall–Kier alpha value is -0.790. The van der Waals surface area contributed by atoms with Crippen LogP contribution in [0.5, 0.6) is 0 Å². The minimum atomic E-state index is 0.239. The van der Waals surface area contributed by atoms with Gasteiger partial charge in [0, 0.05) is 25.2 Å². The van der Waals surface area contributed by atoms with Crippen LogP contribution in [0, 0.1) is 0 Å². The van der Waals surface area contributed by atoms with Crippen LogP contribution in [-0.4, -0.2) is 23.8 Å². The molecule has 74 valence electrons. The molecular weight excluding hydrogens is 162 g/mol. The smallest absolute Gasteiger partial charge is 0.157 e. The van der Waals surface area contributed by atoms with Crippen molar-refractivity contribution in [2.45, 2.75) is 39.5 Å². The van der Waals surface area contributed by atoms with Gasteiger partial charge in [0.05, 0.1) is 0 Å². The molecule has 0 saturated carbocycles. The molecule has 0 amide bonds. The van der Waals surface area contributed by atoms with Crippen LogP contribution < -0.4 is 0 Å². The Morgan fingerprint density at radius 2 is 1.92 bits per heavy atom. The van der Waals surface area contributed by atoms with Gasteiger partial charge in [-0.2, -0.15) is 0 Å².